The summed E-state index contributed by atoms with van der Waals surface area (Å²) in [6.45, 7) is 5.80. The fourth-order valence-electron chi connectivity index (χ4n) is 4.60. The van der Waals surface area contributed by atoms with Crippen LogP contribution in [0.15, 0.2) is 71.6 Å². The van der Waals surface area contributed by atoms with Crippen molar-refractivity contribution in [2.75, 3.05) is 31.7 Å². The van der Waals surface area contributed by atoms with Gasteiger partial charge in [0.15, 0.2) is 11.5 Å². The zero-order chi connectivity index (χ0) is 28.2. The number of amides is 1. The quantitative estimate of drug-likeness (QED) is 0.387. The van der Waals surface area contributed by atoms with Gasteiger partial charge in [-0.2, -0.15) is 0 Å². The molecule has 0 aromatic heterocycles. The highest BCUT2D eigenvalue weighted by atomic mass is 32.2. The molecule has 1 aliphatic heterocycles. The second-order valence-corrected chi connectivity index (χ2v) is 11.5. The van der Waals surface area contributed by atoms with Gasteiger partial charge in [0.05, 0.1) is 37.5 Å². The largest absolute Gasteiger partial charge is 0.494 e. The van der Waals surface area contributed by atoms with Crippen molar-refractivity contribution in [3.63, 3.8) is 0 Å². The maximum atomic E-state index is 13.9. The molecule has 0 aliphatic carbocycles. The third-order valence-electron chi connectivity index (χ3n) is 6.38. The number of carbonyl (C=O) groups excluding carboxylic acids is 1. The van der Waals surface area contributed by atoms with Gasteiger partial charge in [0.25, 0.3) is 10.0 Å². The minimum atomic E-state index is -4.18. The number of carbonyl (C=O) groups is 1. The van der Waals surface area contributed by atoms with E-state index in [1.165, 1.54) is 32.4 Å². The normalized spacial score (nSPS) is 15.9. The van der Waals surface area contributed by atoms with E-state index in [1.54, 1.807) is 24.3 Å². The Labute approximate surface area is 229 Å². The van der Waals surface area contributed by atoms with E-state index < -0.39 is 28.1 Å². The minimum absolute atomic E-state index is 0.0422. The molecule has 1 N–H and O–H groups in total. The third-order valence-corrected chi connectivity index (χ3v) is 8.15. The molecule has 1 heterocycles. The van der Waals surface area contributed by atoms with E-state index in [9.17, 15) is 13.2 Å². The summed E-state index contributed by atoms with van der Waals surface area (Å²) in [4.78, 5) is 13.4. The second-order valence-electron chi connectivity index (χ2n) is 9.68. The van der Waals surface area contributed by atoms with Gasteiger partial charge in [0.1, 0.15) is 23.6 Å². The first-order valence-electron chi connectivity index (χ1n) is 12.6. The SMILES string of the molecule is CCOc1ccc(N(CC(=O)NC2CC(C)(C)Oc3ccccc32)S(=O)(=O)c2ccc(OC)c(OC)c2)cc1. The van der Waals surface area contributed by atoms with Crippen molar-refractivity contribution >= 4 is 21.6 Å². The highest BCUT2D eigenvalue weighted by Crippen LogP contribution is 2.39. The number of hydrogen-bond donors (Lipinski definition) is 1. The van der Waals surface area contributed by atoms with Crippen LogP contribution in [0.1, 0.15) is 38.8 Å². The van der Waals surface area contributed by atoms with E-state index in [0.717, 1.165) is 9.87 Å². The smallest absolute Gasteiger partial charge is 0.264 e. The number of methoxy groups -OCH3 is 2. The summed E-state index contributed by atoms with van der Waals surface area (Å²) >= 11 is 0. The van der Waals surface area contributed by atoms with E-state index >= 15 is 0 Å². The maximum Gasteiger partial charge on any atom is 0.264 e. The molecule has 39 heavy (non-hydrogen) atoms. The monoisotopic (exact) mass is 554 g/mol. The first kappa shape index (κ1) is 28.1. The van der Waals surface area contributed by atoms with Crippen LogP contribution in [0.3, 0.4) is 0 Å². The summed E-state index contributed by atoms with van der Waals surface area (Å²) in [6, 6.07) is 18.1. The van der Waals surface area contributed by atoms with Gasteiger partial charge in [-0.1, -0.05) is 18.2 Å². The van der Waals surface area contributed by atoms with Crippen LogP contribution in [0.25, 0.3) is 0 Å². The van der Waals surface area contributed by atoms with Gasteiger partial charge < -0.3 is 24.3 Å². The molecule has 1 amide bonds. The highest BCUT2D eigenvalue weighted by Gasteiger charge is 2.35. The zero-order valence-electron chi connectivity index (χ0n) is 22.8. The van der Waals surface area contributed by atoms with Crippen molar-refractivity contribution in [2.24, 2.45) is 0 Å². The molecule has 4 rings (SSSR count). The summed E-state index contributed by atoms with van der Waals surface area (Å²) in [5, 5.41) is 3.03. The Balaban J connectivity index is 1.68. The molecule has 1 atom stereocenters. The van der Waals surface area contributed by atoms with Crippen LogP contribution in [-0.4, -0.2) is 47.3 Å². The lowest BCUT2D eigenvalue weighted by atomic mass is 9.89. The van der Waals surface area contributed by atoms with Gasteiger partial charge in [-0.05, 0) is 63.2 Å². The van der Waals surface area contributed by atoms with Crippen molar-refractivity contribution in [3.8, 4) is 23.0 Å². The first-order valence-corrected chi connectivity index (χ1v) is 14.1. The molecule has 1 aliphatic rings. The Morgan fingerprint density at radius 1 is 1.03 bits per heavy atom. The van der Waals surface area contributed by atoms with E-state index in [-0.39, 0.29) is 16.7 Å². The molecule has 0 bridgehead atoms. The number of nitrogens with one attached hydrogen (secondary N) is 1. The van der Waals surface area contributed by atoms with Crippen molar-refractivity contribution in [1.29, 1.82) is 0 Å². The lowest BCUT2D eigenvalue weighted by Crippen LogP contribution is -2.45. The number of sulfonamides is 1. The summed E-state index contributed by atoms with van der Waals surface area (Å²) in [5.41, 5.74) is 0.656. The maximum absolute atomic E-state index is 13.9. The number of benzene rings is 3. The molecule has 9 nitrogen and oxygen atoms in total. The molecule has 0 saturated heterocycles. The zero-order valence-corrected chi connectivity index (χ0v) is 23.6. The van der Waals surface area contributed by atoms with Gasteiger partial charge in [0.2, 0.25) is 5.91 Å². The number of ether oxygens (including phenoxy) is 4. The van der Waals surface area contributed by atoms with Gasteiger partial charge in [-0.3, -0.25) is 9.10 Å². The summed E-state index contributed by atoms with van der Waals surface area (Å²) in [5.74, 6) is 1.49. The molecule has 0 spiro atoms. The van der Waals surface area contributed by atoms with E-state index in [1.807, 2.05) is 45.0 Å². The lowest BCUT2D eigenvalue weighted by Gasteiger charge is -2.38. The van der Waals surface area contributed by atoms with Crippen LogP contribution in [0.5, 0.6) is 23.0 Å². The highest BCUT2D eigenvalue weighted by molar-refractivity contribution is 7.92. The Bertz CT molecular complexity index is 1420. The van der Waals surface area contributed by atoms with Crippen molar-refractivity contribution in [2.45, 2.75) is 43.7 Å². The Morgan fingerprint density at radius 3 is 2.38 bits per heavy atom. The van der Waals surface area contributed by atoms with Crippen molar-refractivity contribution in [1.82, 2.24) is 5.32 Å². The van der Waals surface area contributed by atoms with E-state index in [2.05, 4.69) is 5.32 Å². The second kappa shape index (κ2) is 11.4. The molecule has 3 aromatic rings. The third kappa shape index (κ3) is 6.22. The molecule has 10 heteroatoms. The van der Waals surface area contributed by atoms with Crippen LogP contribution < -0.4 is 28.6 Å². The van der Waals surface area contributed by atoms with E-state index in [0.29, 0.717) is 36.0 Å². The predicted molar refractivity (Wildman–Crippen MR) is 148 cm³/mol. The van der Waals surface area contributed by atoms with Crippen LogP contribution in [-0.2, 0) is 14.8 Å². The predicted octanol–water partition coefficient (Wildman–Crippen LogP) is 4.72. The number of hydrogen-bond acceptors (Lipinski definition) is 7. The topological polar surface area (TPSA) is 103 Å². The number of para-hydroxylation sites is 1. The van der Waals surface area contributed by atoms with Crippen LogP contribution in [0.4, 0.5) is 5.69 Å². The van der Waals surface area contributed by atoms with Gasteiger partial charge in [-0.15, -0.1) is 0 Å². The summed E-state index contributed by atoms with van der Waals surface area (Å²) in [6.07, 6.45) is 0.529. The molecule has 0 saturated carbocycles. The summed E-state index contributed by atoms with van der Waals surface area (Å²) < 4.78 is 51.1. The average molecular weight is 555 g/mol. The molecule has 208 valence electrons. The number of fused-ring (bicyclic) bond motifs is 1. The molecule has 0 fully saturated rings. The first-order chi connectivity index (χ1) is 18.6. The molecule has 3 aromatic carbocycles. The lowest BCUT2D eigenvalue weighted by molar-refractivity contribution is -0.120. The Morgan fingerprint density at radius 2 is 1.72 bits per heavy atom. The molecular weight excluding hydrogens is 520 g/mol. The fraction of sp³-hybridized carbons (Fsp3) is 0.345. The minimum Gasteiger partial charge on any atom is -0.494 e. The fourth-order valence-corrected chi connectivity index (χ4v) is 6.03. The Kier molecular flexibility index (Phi) is 8.25. The van der Waals surface area contributed by atoms with Crippen molar-refractivity contribution < 1.29 is 32.2 Å². The van der Waals surface area contributed by atoms with Gasteiger partial charge in [-0.25, -0.2) is 8.42 Å². The summed E-state index contributed by atoms with van der Waals surface area (Å²) in [7, 11) is -1.28. The number of rotatable bonds is 10. The Hall–Kier alpha value is -3.92. The average Bonchev–Trinajstić information content (AvgIpc) is 2.91. The van der Waals surface area contributed by atoms with Crippen LogP contribution >= 0.6 is 0 Å². The van der Waals surface area contributed by atoms with Gasteiger partial charge in [0, 0.05) is 18.1 Å². The van der Waals surface area contributed by atoms with Crippen LogP contribution in [0.2, 0.25) is 0 Å². The van der Waals surface area contributed by atoms with Crippen molar-refractivity contribution in [3.05, 3.63) is 72.3 Å². The van der Waals surface area contributed by atoms with E-state index in [4.69, 9.17) is 18.9 Å². The van der Waals surface area contributed by atoms with Gasteiger partial charge >= 0.3 is 0 Å². The number of nitrogens with zero attached hydrogens (tertiary/aromatic N) is 1. The molecule has 0 radical (unpaired) electrons. The standard InChI is InChI=1S/C29H34N2O7S/c1-6-37-21-13-11-20(12-14-21)31(39(33,34)22-15-16-26(35-4)27(17-22)36-5)19-28(32)30-24-18-29(2,3)38-25-10-8-7-9-23(24)25/h7-17,24H,6,18-19H2,1-5H3,(H,30,32). The molecule has 1 unspecified atom stereocenters. The number of anilines is 1. The molecular formula is C29H34N2O7S. The van der Waals surface area contributed by atoms with Crippen LogP contribution in [0, 0.1) is 0 Å².